The maximum absolute atomic E-state index is 11.2. The van der Waals surface area contributed by atoms with Gasteiger partial charge in [0.05, 0.1) is 0 Å². The van der Waals surface area contributed by atoms with E-state index in [1.54, 1.807) is 20.8 Å². The first-order valence-corrected chi connectivity index (χ1v) is 4.03. The van der Waals surface area contributed by atoms with Crippen LogP contribution in [0.5, 0.6) is 0 Å². The quantitative estimate of drug-likeness (QED) is 0.623. The van der Waals surface area contributed by atoms with Gasteiger partial charge in [0.25, 0.3) is 0 Å². The Morgan fingerprint density at radius 1 is 1.46 bits per heavy atom. The van der Waals surface area contributed by atoms with Crippen molar-refractivity contribution in [1.82, 2.24) is 0 Å². The van der Waals surface area contributed by atoms with Crippen LogP contribution in [0.1, 0.15) is 20.8 Å². The zero-order chi connectivity index (χ0) is 10.2. The maximum Gasteiger partial charge on any atom is 0.223 e. The molecule has 1 N–H and O–H groups in total. The van der Waals surface area contributed by atoms with Gasteiger partial charge < -0.3 is 5.11 Å². The number of hydrogen-bond donors (Lipinski definition) is 1. The molecule has 0 aliphatic heterocycles. The van der Waals surface area contributed by atoms with Crippen LogP contribution in [-0.2, 0) is 9.59 Å². The van der Waals surface area contributed by atoms with Crippen molar-refractivity contribution >= 4 is 12.1 Å². The smallest absolute Gasteiger partial charge is 0.223 e. The summed E-state index contributed by atoms with van der Waals surface area (Å²) in [4.78, 5) is 22.0. The van der Waals surface area contributed by atoms with E-state index in [9.17, 15) is 14.7 Å². The lowest BCUT2D eigenvalue weighted by Gasteiger charge is -2.26. The highest BCUT2D eigenvalue weighted by molar-refractivity contribution is 6.11. The molecule has 0 saturated carbocycles. The molecule has 3 heteroatoms. The number of allylic oxidation sites excluding steroid dienone is 3. The number of aliphatic hydroxyl groups is 1. The zero-order valence-electron chi connectivity index (χ0n) is 7.92. The largest absolute Gasteiger partial charge is 0.504 e. The van der Waals surface area contributed by atoms with Gasteiger partial charge in [-0.3, -0.25) is 9.59 Å². The fourth-order valence-corrected chi connectivity index (χ4v) is 1.52. The van der Waals surface area contributed by atoms with Gasteiger partial charge in [0, 0.05) is 16.6 Å². The second-order valence-electron chi connectivity index (χ2n) is 3.74. The predicted octanol–water partition coefficient (Wildman–Crippen LogP) is 1.55. The van der Waals surface area contributed by atoms with Crippen LogP contribution in [0.15, 0.2) is 23.0 Å². The molecule has 0 atom stereocenters. The van der Waals surface area contributed by atoms with Gasteiger partial charge in [0.15, 0.2) is 5.76 Å². The van der Waals surface area contributed by atoms with Crippen molar-refractivity contribution in [3.8, 4) is 0 Å². The number of carbonyl (C=O) groups excluding carboxylic acids is 2. The number of Topliss-reactive ketones (excluding diaryl/α,β-unsaturated/α-hetero) is 1. The van der Waals surface area contributed by atoms with Crippen molar-refractivity contribution in [1.29, 1.82) is 0 Å². The zero-order valence-corrected chi connectivity index (χ0v) is 7.92. The van der Waals surface area contributed by atoms with E-state index < -0.39 is 11.2 Å². The van der Waals surface area contributed by atoms with Gasteiger partial charge in [0.1, 0.15) is 6.29 Å². The molecule has 0 fully saturated rings. The molecule has 70 valence electrons. The van der Waals surface area contributed by atoms with Crippen molar-refractivity contribution in [3.63, 3.8) is 0 Å². The van der Waals surface area contributed by atoms with E-state index in [1.165, 1.54) is 6.08 Å². The van der Waals surface area contributed by atoms with E-state index >= 15 is 0 Å². The van der Waals surface area contributed by atoms with Crippen LogP contribution in [-0.4, -0.2) is 17.2 Å². The van der Waals surface area contributed by atoms with E-state index in [4.69, 9.17) is 0 Å². The lowest BCUT2D eigenvalue weighted by atomic mass is 9.77. The third kappa shape index (κ3) is 1.41. The summed E-state index contributed by atoms with van der Waals surface area (Å²) in [5.74, 6) is -0.727. The first-order chi connectivity index (χ1) is 5.90. The third-order valence-electron chi connectivity index (χ3n) is 2.29. The molecule has 0 saturated heterocycles. The minimum atomic E-state index is -0.552. The molecular formula is C10H12O3. The minimum absolute atomic E-state index is 0.270. The molecule has 3 nitrogen and oxygen atoms in total. The SMILES string of the molecule is CC1=C(C=O)C(C)(C)C=C(O)C1=O. The minimum Gasteiger partial charge on any atom is -0.504 e. The van der Waals surface area contributed by atoms with Crippen LogP contribution in [0.25, 0.3) is 0 Å². The van der Waals surface area contributed by atoms with E-state index in [-0.39, 0.29) is 5.76 Å². The van der Waals surface area contributed by atoms with Gasteiger partial charge in [-0.05, 0) is 13.0 Å². The van der Waals surface area contributed by atoms with Crippen LogP contribution < -0.4 is 0 Å². The number of aldehydes is 1. The fourth-order valence-electron chi connectivity index (χ4n) is 1.52. The standard InChI is InChI=1S/C10H12O3/c1-6-7(5-11)10(2,3)4-8(12)9(6)13/h4-5,12H,1-3H3. The van der Waals surface area contributed by atoms with Crippen LogP contribution in [0.4, 0.5) is 0 Å². The Labute approximate surface area is 76.8 Å². The molecule has 0 aromatic heterocycles. The Bertz CT molecular complexity index is 332. The number of aliphatic hydroxyl groups excluding tert-OH is 1. The van der Waals surface area contributed by atoms with E-state index in [1.807, 2.05) is 0 Å². The average Bonchev–Trinajstić information content (AvgIpc) is 2.00. The van der Waals surface area contributed by atoms with Gasteiger partial charge in [-0.25, -0.2) is 0 Å². The molecule has 0 aromatic carbocycles. The summed E-state index contributed by atoms with van der Waals surface area (Å²) in [7, 11) is 0. The molecule has 0 radical (unpaired) electrons. The molecule has 0 heterocycles. The van der Waals surface area contributed by atoms with Crippen LogP contribution in [0, 0.1) is 5.41 Å². The Balaban J connectivity index is 3.33. The van der Waals surface area contributed by atoms with Crippen molar-refractivity contribution < 1.29 is 14.7 Å². The highest BCUT2D eigenvalue weighted by Crippen LogP contribution is 2.34. The van der Waals surface area contributed by atoms with E-state index in [2.05, 4.69) is 0 Å². The van der Waals surface area contributed by atoms with E-state index in [0.29, 0.717) is 17.4 Å². The Morgan fingerprint density at radius 2 is 2.00 bits per heavy atom. The summed E-state index contributed by atoms with van der Waals surface area (Å²) in [6.45, 7) is 5.11. The Kier molecular flexibility index (Phi) is 2.12. The normalized spacial score (nSPS) is 21.5. The van der Waals surface area contributed by atoms with Crippen molar-refractivity contribution in [2.24, 2.45) is 5.41 Å². The third-order valence-corrected chi connectivity index (χ3v) is 2.29. The first kappa shape index (κ1) is 9.71. The van der Waals surface area contributed by atoms with E-state index in [0.717, 1.165) is 0 Å². The molecular weight excluding hydrogens is 168 g/mol. The first-order valence-electron chi connectivity index (χ1n) is 4.03. The van der Waals surface area contributed by atoms with Gasteiger partial charge in [-0.15, -0.1) is 0 Å². The van der Waals surface area contributed by atoms with Crippen molar-refractivity contribution in [2.75, 3.05) is 0 Å². The number of ketones is 1. The molecule has 0 unspecified atom stereocenters. The van der Waals surface area contributed by atoms with Crippen LogP contribution >= 0.6 is 0 Å². The van der Waals surface area contributed by atoms with Crippen molar-refractivity contribution in [2.45, 2.75) is 20.8 Å². The second-order valence-corrected chi connectivity index (χ2v) is 3.74. The molecule has 0 spiro atoms. The summed E-state index contributed by atoms with van der Waals surface area (Å²) >= 11 is 0. The molecule has 0 aromatic rings. The summed E-state index contributed by atoms with van der Waals surface area (Å²) in [6.07, 6.45) is 2.09. The molecule has 13 heavy (non-hydrogen) atoms. The number of carbonyl (C=O) groups is 2. The maximum atomic E-state index is 11.2. The summed E-state index contributed by atoms with van der Waals surface area (Å²) in [5.41, 5.74) is 0.222. The summed E-state index contributed by atoms with van der Waals surface area (Å²) in [6, 6.07) is 0. The monoisotopic (exact) mass is 180 g/mol. The molecule has 1 aliphatic carbocycles. The molecule has 1 aliphatic rings. The average molecular weight is 180 g/mol. The highest BCUT2D eigenvalue weighted by atomic mass is 16.3. The molecule has 0 amide bonds. The fraction of sp³-hybridized carbons (Fsp3) is 0.400. The number of hydrogen-bond acceptors (Lipinski definition) is 3. The highest BCUT2D eigenvalue weighted by Gasteiger charge is 2.32. The lowest BCUT2D eigenvalue weighted by molar-refractivity contribution is -0.115. The summed E-state index contributed by atoms with van der Waals surface area (Å²) in [5, 5.41) is 9.26. The second kappa shape index (κ2) is 2.83. The Hall–Kier alpha value is -1.38. The van der Waals surface area contributed by atoms with Gasteiger partial charge in [-0.2, -0.15) is 0 Å². The number of rotatable bonds is 1. The molecule has 0 bridgehead atoms. The predicted molar refractivity (Wildman–Crippen MR) is 48.3 cm³/mol. The Morgan fingerprint density at radius 3 is 2.46 bits per heavy atom. The van der Waals surface area contributed by atoms with Crippen molar-refractivity contribution in [3.05, 3.63) is 23.0 Å². The van der Waals surface area contributed by atoms with Crippen LogP contribution in [0.3, 0.4) is 0 Å². The lowest BCUT2D eigenvalue weighted by Crippen LogP contribution is -2.24. The molecule has 1 rings (SSSR count). The topological polar surface area (TPSA) is 54.4 Å². The van der Waals surface area contributed by atoms with Crippen LogP contribution in [0.2, 0.25) is 0 Å². The van der Waals surface area contributed by atoms with Gasteiger partial charge in [0.2, 0.25) is 5.78 Å². The van der Waals surface area contributed by atoms with Gasteiger partial charge >= 0.3 is 0 Å². The summed E-state index contributed by atoms with van der Waals surface area (Å²) < 4.78 is 0. The van der Waals surface area contributed by atoms with Gasteiger partial charge in [-0.1, -0.05) is 13.8 Å².